The molecule has 226 valence electrons. The Balaban J connectivity index is 1.45. The van der Waals surface area contributed by atoms with Crippen LogP contribution in [0.3, 0.4) is 0 Å². The zero-order valence-electron chi connectivity index (χ0n) is 24.5. The average Bonchev–Trinajstić information content (AvgIpc) is 3.76. The Morgan fingerprint density at radius 2 is 1.80 bits per heavy atom. The molecule has 0 fully saturated rings. The van der Waals surface area contributed by atoms with Gasteiger partial charge in [-0.05, 0) is 62.2 Å². The molecule has 2 aliphatic rings. The molecular formula is C33H30N2O8S. The van der Waals surface area contributed by atoms with E-state index in [2.05, 4.69) is 0 Å². The predicted molar refractivity (Wildman–Crippen MR) is 162 cm³/mol. The number of carbonyl (C=O) groups excluding carboxylic acids is 2. The van der Waals surface area contributed by atoms with Crippen LogP contribution in [0.25, 0.3) is 17.4 Å². The van der Waals surface area contributed by atoms with E-state index >= 15 is 0 Å². The Kier molecular flexibility index (Phi) is 8.21. The van der Waals surface area contributed by atoms with Gasteiger partial charge in [0.15, 0.2) is 16.3 Å². The molecule has 11 heteroatoms. The third-order valence-electron chi connectivity index (χ3n) is 7.16. The maximum absolute atomic E-state index is 14.0. The Morgan fingerprint density at radius 1 is 1.00 bits per heavy atom. The lowest BCUT2D eigenvalue weighted by Gasteiger charge is -2.25. The Bertz CT molecular complexity index is 1970. The van der Waals surface area contributed by atoms with E-state index in [-0.39, 0.29) is 25.6 Å². The van der Waals surface area contributed by atoms with Gasteiger partial charge in [0, 0.05) is 11.6 Å². The number of rotatable bonds is 9. The Hall–Kier alpha value is -4.90. The lowest BCUT2D eigenvalue weighted by Crippen LogP contribution is -2.40. The number of hydrogen-bond donors (Lipinski definition) is 0. The molecule has 6 rings (SSSR count). The first kappa shape index (κ1) is 29.2. The highest BCUT2D eigenvalue weighted by molar-refractivity contribution is 7.07. The number of thiazole rings is 1. The number of benzene rings is 2. The molecule has 2 aromatic carbocycles. The van der Waals surface area contributed by atoms with Gasteiger partial charge in [-0.2, -0.15) is 0 Å². The third kappa shape index (κ3) is 5.46. The highest BCUT2D eigenvalue weighted by atomic mass is 32.1. The standard InChI is InChI=1S/C33H30N2O8S/c1-4-8-23-28(32(38)40-6-3)29(20-11-13-25-26(16-20)42-18-41-25)35-30(36)27(44-33(35)34-23)17-22-12-14-24(43-22)19-9-7-10-21(15-19)31(37)39-5-2/h7,9-17,29H,4-6,8,18H2,1-3H3/b27-17-. The zero-order chi connectivity index (χ0) is 30.8. The molecule has 2 aliphatic heterocycles. The van der Waals surface area contributed by atoms with Gasteiger partial charge in [0.1, 0.15) is 11.5 Å². The smallest absolute Gasteiger partial charge is 0.338 e. The van der Waals surface area contributed by atoms with Gasteiger partial charge < -0.3 is 23.4 Å². The first-order valence-corrected chi connectivity index (χ1v) is 15.2. The zero-order valence-corrected chi connectivity index (χ0v) is 25.3. The van der Waals surface area contributed by atoms with Crippen LogP contribution in [0.15, 0.2) is 80.1 Å². The van der Waals surface area contributed by atoms with Crippen molar-refractivity contribution < 1.29 is 33.0 Å². The molecule has 0 radical (unpaired) electrons. The van der Waals surface area contributed by atoms with Crippen LogP contribution in [0.4, 0.5) is 0 Å². The van der Waals surface area contributed by atoms with Crippen LogP contribution in [0.5, 0.6) is 11.5 Å². The highest BCUT2D eigenvalue weighted by Crippen LogP contribution is 2.39. The molecule has 1 unspecified atom stereocenters. The van der Waals surface area contributed by atoms with Crippen molar-refractivity contribution in [1.82, 2.24) is 4.57 Å². The normalized spacial score (nSPS) is 15.6. The number of hydrogen-bond acceptors (Lipinski definition) is 10. The van der Waals surface area contributed by atoms with Gasteiger partial charge >= 0.3 is 11.9 Å². The predicted octanol–water partition coefficient (Wildman–Crippen LogP) is 4.74. The number of carbonyl (C=O) groups is 2. The minimum absolute atomic E-state index is 0.0987. The van der Waals surface area contributed by atoms with Crippen molar-refractivity contribution in [3.05, 3.63) is 102 Å². The van der Waals surface area contributed by atoms with E-state index in [4.69, 9.17) is 28.4 Å². The maximum atomic E-state index is 14.0. The fourth-order valence-electron chi connectivity index (χ4n) is 5.25. The molecule has 0 bridgehead atoms. The highest BCUT2D eigenvalue weighted by Gasteiger charge is 2.35. The number of fused-ring (bicyclic) bond motifs is 2. The molecule has 0 amide bonds. The fraction of sp³-hybridized carbons (Fsp3) is 0.273. The van der Waals surface area contributed by atoms with E-state index in [0.29, 0.717) is 66.7 Å². The van der Waals surface area contributed by atoms with Gasteiger partial charge in [-0.1, -0.05) is 42.9 Å². The summed E-state index contributed by atoms with van der Waals surface area (Å²) in [6.45, 7) is 6.07. The second-order valence-corrected chi connectivity index (χ2v) is 11.0. The number of esters is 2. The molecule has 0 N–H and O–H groups in total. The lowest BCUT2D eigenvalue weighted by atomic mass is 9.94. The van der Waals surface area contributed by atoms with Crippen molar-refractivity contribution in [3.63, 3.8) is 0 Å². The molecule has 44 heavy (non-hydrogen) atoms. The van der Waals surface area contributed by atoms with Crippen LogP contribution in [0, 0.1) is 0 Å². The minimum atomic E-state index is -0.777. The van der Waals surface area contributed by atoms with Crippen molar-refractivity contribution in [2.24, 2.45) is 4.99 Å². The monoisotopic (exact) mass is 614 g/mol. The first-order valence-electron chi connectivity index (χ1n) is 14.4. The lowest BCUT2D eigenvalue weighted by molar-refractivity contribution is -0.139. The Labute approximate surface area is 256 Å². The summed E-state index contributed by atoms with van der Waals surface area (Å²) in [6, 6.07) is 15.1. The van der Waals surface area contributed by atoms with Crippen LogP contribution in [-0.4, -0.2) is 36.5 Å². The summed E-state index contributed by atoms with van der Waals surface area (Å²) in [5, 5.41) is 0. The molecule has 1 atom stereocenters. The molecule has 0 saturated heterocycles. The van der Waals surface area contributed by atoms with Crippen LogP contribution in [0.1, 0.15) is 61.3 Å². The molecule has 0 aliphatic carbocycles. The Morgan fingerprint density at radius 3 is 2.59 bits per heavy atom. The number of nitrogens with zero attached hydrogens (tertiary/aromatic N) is 2. The quantitative estimate of drug-likeness (QED) is 0.248. The second-order valence-electron chi connectivity index (χ2n) is 10.0. The summed E-state index contributed by atoms with van der Waals surface area (Å²) in [5.74, 6) is 1.18. The number of allylic oxidation sites excluding steroid dienone is 1. The summed E-state index contributed by atoms with van der Waals surface area (Å²) < 4.78 is 29.7. The second kappa shape index (κ2) is 12.4. The van der Waals surface area contributed by atoms with Crippen molar-refractivity contribution in [1.29, 1.82) is 0 Å². The van der Waals surface area contributed by atoms with Crippen LogP contribution < -0.4 is 24.4 Å². The summed E-state index contributed by atoms with van der Waals surface area (Å²) in [5.41, 5.74) is 2.38. The largest absolute Gasteiger partial charge is 0.463 e. The van der Waals surface area contributed by atoms with Gasteiger partial charge in [-0.25, -0.2) is 14.6 Å². The van der Waals surface area contributed by atoms with Gasteiger partial charge in [-0.15, -0.1) is 0 Å². The van der Waals surface area contributed by atoms with E-state index in [1.807, 2.05) is 19.1 Å². The van der Waals surface area contributed by atoms with E-state index < -0.39 is 18.0 Å². The molecule has 4 aromatic rings. The van der Waals surface area contributed by atoms with Gasteiger partial charge in [0.2, 0.25) is 6.79 Å². The average molecular weight is 615 g/mol. The van der Waals surface area contributed by atoms with Crippen LogP contribution in [0.2, 0.25) is 0 Å². The van der Waals surface area contributed by atoms with E-state index in [9.17, 15) is 14.4 Å². The van der Waals surface area contributed by atoms with Crippen molar-refractivity contribution in [2.75, 3.05) is 20.0 Å². The van der Waals surface area contributed by atoms with Crippen LogP contribution in [-0.2, 0) is 14.3 Å². The maximum Gasteiger partial charge on any atom is 0.338 e. The summed E-state index contributed by atoms with van der Waals surface area (Å²) >= 11 is 1.22. The third-order valence-corrected chi connectivity index (χ3v) is 8.15. The van der Waals surface area contributed by atoms with Crippen molar-refractivity contribution in [3.8, 4) is 22.8 Å². The summed E-state index contributed by atoms with van der Waals surface area (Å²) in [4.78, 5) is 44.9. The molecule has 0 saturated carbocycles. The van der Waals surface area contributed by atoms with Gasteiger partial charge in [-0.3, -0.25) is 9.36 Å². The first-order chi connectivity index (χ1) is 21.4. The molecule has 2 aromatic heterocycles. The van der Waals surface area contributed by atoms with E-state index in [1.165, 1.54) is 15.9 Å². The number of ether oxygens (including phenoxy) is 4. The van der Waals surface area contributed by atoms with Crippen molar-refractivity contribution >= 4 is 29.4 Å². The molecule has 10 nitrogen and oxygen atoms in total. The number of aromatic nitrogens is 1. The SMILES string of the molecule is CCCC1=C(C(=O)OCC)C(c2ccc3c(c2)OCO3)n2c(s/c(=C\c3ccc(-c4cccc(C(=O)OCC)c4)o3)c2=O)=N1. The van der Waals surface area contributed by atoms with Gasteiger partial charge in [0.25, 0.3) is 5.56 Å². The van der Waals surface area contributed by atoms with E-state index in [0.717, 1.165) is 6.42 Å². The minimum Gasteiger partial charge on any atom is -0.463 e. The molecular weight excluding hydrogens is 584 g/mol. The topological polar surface area (TPSA) is 119 Å². The fourth-order valence-corrected chi connectivity index (χ4v) is 6.25. The number of furan rings is 1. The van der Waals surface area contributed by atoms with Crippen LogP contribution >= 0.6 is 11.3 Å². The van der Waals surface area contributed by atoms with Gasteiger partial charge in [0.05, 0.1) is 40.6 Å². The van der Waals surface area contributed by atoms with E-state index in [1.54, 1.807) is 62.4 Å². The summed E-state index contributed by atoms with van der Waals surface area (Å²) in [6.07, 6.45) is 2.94. The summed E-state index contributed by atoms with van der Waals surface area (Å²) in [7, 11) is 0. The van der Waals surface area contributed by atoms with Crippen molar-refractivity contribution in [2.45, 2.75) is 39.7 Å². The molecule has 4 heterocycles. The molecule has 0 spiro atoms.